The summed E-state index contributed by atoms with van der Waals surface area (Å²) in [6.07, 6.45) is 1.95. The maximum Gasteiger partial charge on any atom is 0.209 e. The fraction of sp³-hybridized carbons (Fsp3) is 0.214. The summed E-state index contributed by atoms with van der Waals surface area (Å²) < 4.78 is 6.23. The van der Waals surface area contributed by atoms with Gasteiger partial charge in [-0.2, -0.15) is 14.5 Å². The summed E-state index contributed by atoms with van der Waals surface area (Å²) in [7, 11) is 3.90. The van der Waals surface area contributed by atoms with Gasteiger partial charge in [-0.3, -0.25) is 4.68 Å². The van der Waals surface area contributed by atoms with Crippen LogP contribution in [0.4, 0.5) is 10.8 Å². The van der Waals surface area contributed by atoms with Gasteiger partial charge < -0.3 is 4.90 Å². The summed E-state index contributed by atoms with van der Waals surface area (Å²) in [5.41, 5.74) is 3.02. The van der Waals surface area contributed by atoms with Crippen LogP contribution in [0.25, 0.3) is 11.4 Å². The van der Waals surface area contributed by atoms with Gasteiger partial charge in [-0.25, -0.2) is 0 Å². The third kappa shape index (κ3) is 2.30. The Hall–Kier alpha value is -2.21. The molecule has 0 aliphatic carbocycles. The van der Waals surface area contributed by atoms with E-state index < -0.39 is 0 Å². The number of rotatable bonds is 3. The SMILES string of the molecule is Cc1nn(C)cc1-c1nsc(N(C)c2ccccc2)n1. The molecule has 0 bridgehead atoms. The summed E-state index contributed by atoms with van der Waals surface area (Å²) in [4.78, 5) is 6.65. The molecule has 2 heterocycles. The molecular weight excluding hydrogens is 270 g/mol. The van der Waals surface area contributed by atoms with Gasteiger partial charge in [0, 0.05) is 37.5 Å². The molecule has 102 valence electrons. The van der Waals surface area contributed by atoms with Gasteiger partial charge >= 0.3 is 0 Å². The molecule has 6 heteroatoms. The molecule has 0 saturated heterocycles. The highest BCUT2D eigenvalue weighted by molar-refractivity contribution is 7.10. The predicted octanol–water partition coefficient (Wildman–Crippen LogP) is 3.01. The number of hydrogen-bond acceptors (Lipinski definition) is 5. The molecule has 20 heavy (non-hydrogen) atoms. The van der Waals surface area contributed by atoms with Gasteiger partial charge in [0.05, 0.1) is 11.3 Å². The van der Waals surface area contributed by atoms with Crippen molar-refractivity contribution >= 4 is 22.4 Å². The number of anilines is 2. The van der Waals surface area contributed by atoms with Crippen LogP contribution in [-0.4, -0.2) is 26.2 Å². The van der Waals surface area contributed by atoms with Crippen molar-refractivity contribution < 1.29 is 0 Å². The maximum atomic E-state index is 4.61. The minimum Gasteiger partial charge on any atom is -0.320 e. The second-order valence-electron chi connectivity index (χ2n) is 4.60. The first-order valence-corrected chi connectivity index (χ1v) is 7.05. The number of aryl methyl sites for hydroxylation is 2. The molecule has 0 aliphatic heterocycles. The highest BCUT2D eigenvalue weighted by atomic mass is 32.1. The molecule has 2 aromatic heterocycles. The van der Waals surface area contributed by atoms with E-state index in [0.717, 1.165) is 27.9 Å². The van der Waals surface area contributed by atoms with Gasteiger partial charge in [0.15, 0.2) is 5.82 Å². The van der Waals surface area contributed by atoms with Crippen LogP contribution in [0.3, 0.4) is 0 Å². The van der Waals surface area contributed by atoms with Crippen molar-refractivity contribution in [3.8, 4) is 11.4 Å². The van der Waals surface area contributed by atoms with Crippen LogP contribution in [0, 0.1) is 6.92 Å². The molecule has 0 N–H and O–H groups in total. The lowest BCUT2D eigenvalue weighted by Crippen LogP contribution is -2.08. The van der Waals surface area contributed by atoms with Crippen LogP contribution in [0.2, 0.25) is 0 Å². The van der Waals surface area contributed by atoms with Crippen LogP contribution < -0.4 is 4.90 Å². The lowest BCUT2D eigenvalue weighted by atomic mass is 10.2. The van der Waals surface area contributed by atoms with Crippen molar-refractivity contribution in [2.24, 2.45) is 7.05 Å². The third-order valence-corrected chi connectivity index (χ3v) is 3.89. The van der Waals surface area contributed by atoms with Crippen molar-refractivity contribution in [2.45, 2.75) is 6.92 Å². The molecule has 3 rings (SSSR count). The molecule has 0 atom stereocenters. The number of benzene rings is 1. The molecule has 3 aromatic rings. The van der Waals surface area contributed by atoms with Gasteiger partial charge in [-0.15, -0.1) is 0 Å². The number of hydrogen-bond donors (Lipinski definition) is 0. The van der Waals surface area contributed by atoms with Crippen LogP contribution in [0.1, 0.15) is 5.69 Å². The van der Waals surface area contributed by atoms with Crippen LogP contribution >= 0.6 is 11.5 Å². The molecule has 0 spiro atoms. The number of aromatic nitrogens is 4. The molecule has 0 fully saturated rings. The normalized spacial score (nSPS) is 10.8. The van der Waals surface area contributed by atoms with Crippen LogP contribution in [-0.2, 0) is 7.05 Å². The fourth-order valence-electron chi connectivity index (χ4n) is 2.04. The zero-order chi connectivity index (χ0) is 14.1. The fourth-order valence-corrected chi connectivity index (χ4v) is 2.70. The average Bonchev–Trinajstić information content (AvgIpc) is 3.05. The van der Waals surface area contributed by atoms with E-state index in [9.17, 15) is 0 Å². The largest absolute Gasteiger partial charge is 0.320 e. The Balaban J connectivity index is 1.93. The lowest BCUT2D eigenvalue weighted by molar-refractivity contribution is 0.756. The highest BCUT2D eigenvalue weighted by Gasteiger charge is 2.14. The Morgan fingerprint density at radius 2 is 1.95 bits per heavy atom. The molecule has 0 aliphatic rings. The molecule has 1 aromatic carbocycles. The standard InChI is InChI=1S/C14H15N5S/c1-10-12(9-18(2)16-10)13-15-14(20-17-13)19(3)11-7-5-4-6-8-11/h4-9H,1-3H3. The monoisotopic (exact) mass is 285 g/mol. The van der Waals surface area contributed by atoms with Crippen molar-refractivity contribution in [3.63, 3.8) is 0 Å². The van der Waals surface area contributed by atoms with E-state index in [1.54, 1.807) is 4.68 Å². The second-order valence-corrected chi connectivity index (χ2v) is 5.33. The topological polar surface area (TPSA) is 46.8 Å². The number of para-hydroxylation sites is 1. The molecule has 5 nitrogen and oxygen atoms in total. The zero-order valence-corrected chi connectivity index (χ0v) is 12.4. The van der Waals surface area contributed by atoms with E-state index >= 15 is 0 Å². The summed E-state index contributed by atoms with van der Waals surface area (Å²) in [5, 5.41) is 5.20. The van der Waals surface area contributed by atoms with Crippen LogP contribution in [0.15, 0.2) is 36.5 Å². The first kappa shape index (κ1) is 12.8. The zero-order valence-electron chi connectivity index (χ0n) is 11.6. The molecular formula is C14H15N5S. The summed E-state index contributed by atoms with van der Waals surface area (Å²) >= 11 is 1.39. The van der Waals surface area contributed by atoms with E-state index in [1.165, 1.54) is 11.5 Å². The second kappa shape index (κ2) is 5.05. The van der Waals surface area contributed by atoms with Crippen molar-refractivity contribution in [1.29, 1.82) is 0 Å². The van der Waals surface area contributed by atoms with E-state index in [2.05, 4.69) is 26.6 Å². The average molecular weight is 285 g/mol. The number of nitrogens with zero attached hydrogens (tertiary/aromatic N) is 5. The van der Waals surface area contributed by atoms with Crippen molar-refractivity contribution in [1.82, 2.24) is 19.1 Å². The van der Waals surface area contributed by atoms with Gasteiger partial charge in [0.25, 0.3) is 0 Å². The molecule has 0 saturated carbocycles. The summed E-state index contributed by atoms with van der Waals surface area (Å²) in [6, 6.07) is 10.1. The van der Waals surface area contributed by atoms with Gasteiger partial charge in [-0.05, 0) is 19.1 Å². The summed E-state index contributed by atoms with van der Waals surface area (Å²) in [5.74, 6) is 0.735. The molecule has 0 amide bonds. The molecule has 0 unspecified atom stereocenters. The Bertz CT molecular complexity index is 716. The van der Waals surface area contributed by atoms with Crippen molar-refractivity contribution in [3.05, 3.63) is 42.2 Å². The minimum absolute atomic E-state index is 0.735. The van der Waals surface area contributed by atoms with E-state index in [4.69, 9.17) is 0 Å². The Morgan fingerprint density at radius 1 is 1.20 bits per heavy atom. The Kier molecular flexibility index (Phi) is 3.23. The lowest BCUT2D eigenvalue weighted by Gasteiger charge is -2.14. The first-order valence-electron chi connectivity index (χ1n) is 6.28. The van der Waals surface area contributed by atoms with Gasteiger partial charge in [0.1, 0.15) is 0 Å². The van der Waals surface area contributed by atoms with Crippen molar-refractivity contribution in [2.75, 3.05) is 11.9 Å². The minimum atomic E-state index is 0.735. The predicted molar refractivity (Wildman–Crippen MR) is 81.4 cm³/mol. The smallest absolute Gasteiger partial charge is 0.209 e. The summed E-state index contributed by atoms with van der Waals surface area (Å²) in [6.45, 7) is 1.97. The van der Waals surface area contributed by atoms with E-state index in [0.29, 0.717) is 0 Å². The Labute approximate surface area is 121 Å². The first-order chi connectivity index (χ1) is 9.65. The van der Waals surface area contributed by atoms with E-state index in [-0.39, 0.29) is 0 Å². The Morgan fingerprint density at radius 3 is 2.60 bits per heavy atom. The third-order valence-electron chi connectivity index (χ3n) is 3.10. The molecule has 0 radical (unpaired) electrons. The van der Waals surface area contributed by atoms with Gasteiger partial charge in [-0.1, -0.05) is 18.2 Å². The van der Waals surface area contributed by atoms with Crippen LogP contribution in [0.5, 0.6) is 0 Å². The quantitative estimate of drug-likeness (QED) is 0.742. The van der Waals surface area contributed by atoms with E-state index in [1.807, 2.05) is 50.3 Å². The van der Waals surface area contributed by atoms with Gasteiger partial charge in [0.2, 0.25) is 5.13 Å². The maximum absolute atomic E-state index is 4.61. The highest BCUT2D eigenvalue weighted by Crippen LogP contribution is 2.28.